The van der Waals surface area contributed by atoms with E-state index in [2.05, 4.69) is 10.6 Å². The van der Waals surface area contributed by atoms with Crippen LogP contribution in [0.3, 0.4) is 0 Å². The Labute approximate surface area is 136 Å². The van der Waals surface area contributed by atoms with Crippen LogP contribution in [0.25, 0.3) is 0 Å². The van der Waals surface area contributed by atoms with Crippen LogP contribution in [-0.4, -0.2) is 33.3 Å². The lowest BCUT2D eigenvalue weighted by Gasteiger charge is -2.07. The molecule has 0 aliphatic rings. The molecule has 23 heavy (non-hydrogen) atoms. The van der Waals surface area contributed by atoms with Gasteiger partial charge in [0.05, 0.1) is 11.4 Å². The van der Waals surface area contributed by atoms with Crippen LogP contribution in [-0.2, 0) is 26.0 Å². The number of benzene rings is 1. The van der Waals surface area contributed by atoms with Gasteiger partial charge in [0.25, 0.3) is 0 Å². The molecule has 0 aromatic heterocycles. The topological polar surface area (TPSA) is 118 Å². The van der Waals surface area contributed by atoms with Crippen LogP contribution in [0.1, 0.15) is 31.7 Å². The van der Waals surface area contributed by atoms with Gasteiger partial charge >= 0.3 is 0 Å². The van der Waals surface area contributed by atoms with Gasteiger partial charge in [0.15, 0.2) is 0 Å². The van der Waals surface area contributed by atoms with Crippen molar-refractivity contribution in [3.05, 3.63) is 29.8 Å². The maximum Gasteiger partial charge on any atom is 0.239 e. The Balaban J connectivity index is 2.28. The monoisotopic (exact) mass is 341 g/mol. The van der Waals surface area contributed by atoms with Gasteiger partial charge < -0.3 is 10.6 Å². The molecule has 0 spiro atoms. The molecule has 0 bridgehead atoms. The quantitative estimate of drug-likeness (QED) is 0.598. The Morgan fingerprint density at radius 2 is 1.74 bits per heavy atom. The summed E-state index contributed by atoms with van der Waals surface area (Å²) in [6.07, 6.45) is 2.73. The van der Waals surface area contributed by atoms with E-state index < -0.39 is 10.0 Å². The zero-order valence-corrected chi connectivity index (χ0v) is 14.0. The van der Waals surface area contributed by atoms with Crippen molar-refractivity contribution in [1.29, 1.82) is 0 Å². The van der Waals surface area contributed by atoms with E-state index in [4.69, 9.17) is 5.14 Å². The number of carbonyl (C=O) groups excluding carboxylic acids is 2. The van der Waals surface area contributed by atoms with Gasteiger partial charge in [0, 0.05) is 13.0 Å². The largest absolute Gasteiger partial charge is 0.354 e. The molecule has 0 heterocycles. The first-order chi connectivity index (χ1) is 10.8. The summed E-state index contributed by atoms with van der Waals surface area (Å²) in [4.78, 5) is 23.0. The lowest BCUT2D eigenvalue weighted by Crippen LogP contribution is -2.37. The zero-order valence-electron chi connectivity index (χ0n) is 13.2. The van der Waals surface area contributed by atoms with Crippen molar-refractivity contribution in [1.82, 2.24) is 10.6 Å². The molecule has 8 heteroatoms. The molecule has 0 fully saturated rings. The van der Waals surface area contributed by atoms with Crippen molar-refractivity contribution >= 4 is 21.8 Å². The van der Waals surface area contributed by atoms with Crippen LogP contribution in [0.15, 0.2) is 29.2 Å². The maximum atomic E-state index is 11.6. The highest BCUT2D eigenvalue weighted by Gasteiger charge is 2.07. The second-order valence-corrected chi connectivity index (χ2v) is 6.73. The molecule has 4 N–H and O–H groups in total. The third kappa shape index (κ3) is 7.75. The number of amides is 2. The third-order valence-corrected chi connectivity index (χ3v) is 4.12. The van der Waals surface area contributed by atoms with Gasteiger partial charge in [-0.1, -0.05) is 25.5 Å². The van der Waals surface area contributed by atoms with Crippen molar-refractivity contribution < 1.29 is 18.0 Å². The molecule has 1 rings (SSSR count). The summed E-state index contributed by atoms with van der Waals surface area (Å²) in [6.45, 7) is 2.36. The van der Waals surface area contributed by atoms with Gasteiger partial charge in [-0.2, -0.15) is 0 Å². The van der Waals surface area contributed by atoms with Crippen LogP contribution in [0.5, 0.6) is 0 Å². The van der Waals surface area contributed by atoms with E-state index in [9.17, 15) is 18.0 Å². The average molecular weight is 341 g/mol. The van der Waals surface area contributed by atoms with Gasteiger partial charge in [0.1, 0.15) is 0 Å². The molecule has 0 saturated carbocycles. The lowest BCUT2D eigenvalue weighted by molar-refractivity contribution is -0.126. The van der Waals surface area contributed by atoms with E-state index in [1.807, 2.05) is 6.92 Å². The minimum atomic E-state index is -3.69. The molecule has 1 aromatic rings. The van der Waals surface area contributed by atoms with Gasteiger partial charge in [-0.25, -0.2) is 13.6 Å². The van der Waals surface area contributed by atoms with Gasteiger partial charge in [-0.15, -0.1) is 0 Å². The standard InChI is InChI=1S/C15H23N3O4S/c1-2-3-4-14(19)18-11-15(20)17-10-9-12-5-7-13(8-6-12)23(16,21)22/h5-8H,2-4,9-11H2,1H3,(H,17,20)(H,18,19)(H2,16,21,22). The van der Waals surface area contributed by atoms with Crippen molar-refractivity contribution in [2.24, 2.45) is 5.14 Å². The second kappa shape index (κ2) is 9.26. The molecule has 0 atom stereocenters. The number of rotatable bonds is 9. The summed E-state index contributed by atoms with van der Waals surface area (Å²) >= 11 is 0. The highest BCUT2D eigenvalue weighted by Crippen LogP contribution is 2.08. The molecule has 2 amide bonds. The molecule has 0 aliphatic carbocycles. The fraction of sp³-hybridized carbons (Fsp3) is 0.467. The van der Waals surface area contributed by atoms with Gasteiger partial charge in [0.2, 0.25) is 21.8 Å². The maximum absolute atomic E-state index is 11.6. The summed E-state index contributed by atoms with van der Waals surface area (Å²) in [6, 6.07) is 6.16. The minimum absolute atomic E-state index is 0.0348. The molecule has 1 aromatic carbocycles. The summed E-state index contributed by atoms with van der Waals surface area (Å²) < 4.78 is 22.3. The fourth-order valence-corrected chi connectivity index (χ4v) is 2.37. The predicted octanol–water partition coefficient (Wildman–Crippen LogP) is 0.299. The molecule has 0 radical (unpaired) electrons. The number of primary sulfonamides is 1. The fourth-order valence-electron chi connectivity index (χ4n) is 1.86. The van der Waals surface area contributed by atoms with E-state index in [0.29, 0.717) is 19.4 Å². The van der Waals surface area contributed by atoms with E-state index in [-0.39, 0.29) is 23.3 Å². The Morgan fingerprint density at radius 1 is 1.09 bits per heavy atom. The third-order valence-electron chi connectivity index (χ3n) is 3.19. The first-order valence-corrected chi connectivity index (χ1v) is 9.02. The Bertz CT molecular complexity index is 627. The summed E-state index contributed by atoms with van der Waals surface area (Å²) in [7, 11) is -3.69. The van der Waals surface area contributed by atoms with Crippen LogP contribution >= 0.6 is 0 Å². The van der Waals surface area contributed by atoms with Crippen LogP contribution in [0, 0.1) is 0 Å². The minimum Gasteiger partial charge on any atom is -0.354 e. The van der Waals surface area contributed by atoms with Gasteiger partial charge in [-0.3, -0.25) is 9.59 Å². The molecular weight excluding hydrogens is 318 g/mol. The van der Waals surface area contributed by atoms with Crippen molar-refractivity contribution in [3.8, 4) is 0 Å². The normalized spacial score (nSPS) is 11.0. The molecule has 0 unspecified atom stereocenters. The molecule has 128 valence electrons. The molecule has 7 nitrogen and oxygen atoms in total. The number of carbonyl (C=O) groups is 2. The Hall–Kier alpha value is -1.93. The number of sulfonamides is 1. The number of nitrogens with one attached hydrogen (secondary N) is 2. The number of unbranched alkanes of at least 4 members (excludes halogenated alkanes) is 1. The van der Waals surface area contributed by atoms with Crippen LogP contribution in [0.4, 0.5) is 0 Å². The summed E-state index contributed by atoms with van der Waals surface area (Å²) in [5, 5.41) is 10.3. The SMILES string of the molecule is CCCCC(=O)NCC(=O)NCCc1ccc(S(N)(=O)=O)cc1. The van der Waals surface area contributed by atoms with Crippen molar-refractivity contribution in [2.75, 3.05) is 13.1 Å². The number of hydrogen-bond acceptors (Lipinski definition) is 4. The van der Waals surface area contributed by atoms with Gasteiger partial charge in [-0.05, 0) is 30.5 Å². The van der Waals surface area contributed by atoms with Crippen molar-refractivity contribution in [3.63, 3.8) is 0 Å². The Kier molecular flexibility index (Phi) is 7.70. The van der Waals surface area contributed by atoms with Crippen molar-refractivity contribution in [2.45, 2.75) is 37.5 Å². The van der Waals surface area contributed by atoms with E-state index >= 15 is 0 Å². The number of hydrogen-bond donors (Lipinski definition) is 3. The predicted molar refractivity (Wildman–Crippen MR) is 87.1 cm³/mol. The zero-order chi connectivity index (χ0) is 17.3. The first-order valence-electron chi connectivity index (χ1n) is 7.48. The molecule has 0 aliphatic heterocycles. The highest BCUT2D eigenvalue weighted by molar-refractivity contribution is 7.89. The van der Waals surface area contributed by atoms with Crippen LogP contribution in [0.2, 0.25) is 0 Å². The smallest absolute Gasteiger partial charge is 0.239 e. The number of nitrogens with two attached hydrogens (primary N) is 1. The molecular formula is C15H23N3O4S. The summed E-state index contributed by atoms with van der Waals surface area (Å²) in [5.41, 5.74) is 0.879. The second-order valence-electron chi connectivity index (χ2n) is 5.17. The van der Waals surface area contributed by atoms with E-state index in [1.54, 1.807) is 12.1 Å². The highest BCUT2D eigenvalue weighted by atomic mass is 32.2. The first kappa shape index (κ1) is 19.1. The molecule has 0 saturated heterocycles. The van der Waals surface area contributed by atoms with Crippen LogP contribution < -0.4 is 15.8 Å². The average Bonchev–Trinajstić information content (AvgIpc) is 2.50. The summed E-state index contributed by atoms with van der Waals surface area (Å²) in [5.74, 6) is -0.378. The Morgan fingerprint density at radius 3 is 2.30 bits per heavy atom. The lowest BCUT2D eigenvalue weighted by atomic mass is 10.1. The van der Waals surface area contributed by atoms with E-state index in [1.165, 1.54) is 12.1 Å². The van der Waals surface area contributed by atoms with E-state index in [0.717, 1.165) is 18.4 Å².